The maximum Gasteiger partial charge on any atom is 0.110 e. The minimum Gasteiger partial charge on any atom is -0.469 e. The summed E-state index contributed by atoms with van der Waals surface area (Å²) in [7, 11) is 0. The minimum atomic E-state index is 0.190. The SMILES string of the molecule is CCCC1(CC)NCCc2occc21. The monoisotopic (exact) mass is 193 g/mol. The Morgan fingerprint density at radius 3 is 3.07 bits per heavy atom. The van der Waals surface area contributed by atoms with Crippen LogP contribution in [0.5, 0.6) is 0 Å². The first-order valence-electron chi connectivity index (χ1n) is 5.64. The number of fused-ring (bicyclic) bond motifs is 1. The molecule has 0 amide bonds. The summed E-state index contributed by atoms with van der Waals surface area (Å²) >= 11 is 0. The van der Waals surface area contributed by atoms with Crippen molar-refractivity contribution in [3.63, 3.8) is 0 Å². The molecule has 0 saturated heterocycles. The quantitative estimate of drug-likeness (QED) is 0.798. The van der Waals surface area contributed by atoms with Crippen molar-refractivity contribution in [2.75, 3.05) is 6.54 Å². The summed E-state index contributed by atoms with van der Waals surface area (Å²) < 4.78 is 5.52. The van der Waals surface area contributed by atoms with Crippen LogP contribution < -0.4 is 5.32 Å². The van der Waals surface area contributed by atoms with Crippen LogP contribution in [0.4, 0.5) is 0 Å². The summed E-state index contributed by atoms with van der Waals surface area (Å²) in [6.07, 6.45) is 6.43. The van der Waals surface area contributed by atoms with Crippen LogP contribution in [-0.2, 0) is 12.0 Å². The fourth-order valence-corrected chi connectivity index (χ4v) is 2.61. The second-order valence-electron chi connectivity index (χ2n) is 4.12. The van der Waals surface area contributed by atoms with E-state index in [1.54, 1.807) is 0 Å². The van der Waals surface area contributed by atoms with Gasteiger partial charge in [-0.05, 0) is 18.9 Å². The Kier molecular flexibility index (Phi) is 2.64. The molecule has 1 aliphatic heterocycles. The molecule has 0 spiro atoms. The second kappa shape index (κ2) is 3.77. The summed E-state index contributed by atoms with van der Waals surface area (Å²) in [5, 5.41) is 3.67. The Morgan fingerprint density at radius 1 is 1.50 bits per heavy atom. The first kappa shape index (κ1) is 9.78. The predicted octanol–water partition coefficient (Wildman–Crippen LogP) is 2.83. The van der Waals surface area contributed by atoms with E-state index >= 15 is 0 Å². The van der Waals surface area contributed by atoms with E-state index in [9.17, 15) is 0 Å². The van der Waals surface area contributed by atoms with Crippen LogP contribution in [0.25, 0.3) is 0 Å². The first-order valence-corrected chi connectivity index (χ1v) is 5.64. The van der Waals surface area contributed by atoms with E-state index in [1.165, 1.54) is 24.2 Å². The standard InChI is InChI=1S/C12H19NO/c1-3-7-12(4-2)10-6-9-14-11(10)5-8-13-12/h6,9,13H,3-5,7-8H2,1-2H3. The van der Waals surface area contributed by atoms with Crippen molar-refractivity contribution in [2.24, 2.45) is 0 Å². The molecule has 78 valence electrons. The van der Waals surface area contributed by atoms with Gasteiger partial charge < -0.3 is 9.73 Å². The van der Waals surface area contributed by atoms with Gasteiger partial charge in [0.1, 0.15) is 5.76 Å². The van der Waals surface area contributed by atoms with E-state index in [4.69, 9.17) is 4.42 Å². The molecule has 0 bridgehead atoms. The number of rotatable bonds is 3. The largest absolute Gasteiger partial charge is 0.469 e. The topological polar surface area (TPSA) is 25.2 Å². The molecule has 1 aliphatic rings. The third-order valence-corrected chi connectivity index (χ3v) is 3.36. The summed E-state index contributed by atoms with van der Waals surface area (Å²) in [6, 6.07) is 2.14. The Balaban J connectivity index is 2.36. The van der Waals surface area contributed by atoms with Crippen molar-refractivity contribution in [1.82, 2.24) is 5.32 Å². The van der Waals surface area contributed by atoms with E-state index in [1.807, 2.05) is 6.26 Å². The zero-order valence-electron chi connectivity index (χ0n) is 9.10. The molecule has 2 heteroatoms. The molecule has 0 fully saturated rings. The summed E-state index contributed by atoms with van der Waals surface area (Å²) in [5.74, 6) is 1.19. The molecule has 0 aromatic carbocycles. The molecule has 0 radical (unpaired) electrons. The highest BCUT2D eigenvalue weighted by Crippen LogP contribution is 2.35. The normalized spacial score (nSPS) is 26.1. The maximum atomic E-state index is 5.52. The van der Waals surface area contributed by atoms with Gasteiger partial charge in [-0.15, -0.1) is 0 Å². The molecular formula is C12H19NO. The van der Waals surface area contributed by atoms with Crippen LogP contribution in [0.15, 0.2) is 16.7 Å². The number of furan rings is 1. The third-order valence-electron chi connectivity index (χ3n) is 3.36. The van der Waals surface area contributed by atoms with Crippen molar-refractivity contribution in [2.45, 2.75) is 45.1 Å². The molecule has 1 atom stereocenters. The highest BCUT2D eigenvalue weighted by molar-refractivity contribution is 5.29. The van der Waals surface area contributed by atoms with E-state index in [0.29, 0.717) is 0 Å². The van der Waals surface area contributed by atoms with E-state index in [2.05, 4.69) is 25.2 Å². The summed E-state index contributed by atoms with van der Waals surface area (Å²) in [5.41, 5.74) is 1.59. The van der Waals surface area contributed by atoms with Crippen LogP contribution in [0, 0.1) is 0 Å². The fourth-order valence-electron chi connectivity index (χ4n) is 2.61. The molecule has 2 rings (SSSR count). The van der Waals surface area contributed by atoms with Gasteiger partial charge in [-0.25, -0.2) is 0 Å². The Hall–Kier alpha value is -0.760. The van der Waals surface area contributed by atoms with Gasteiger partial charge in [0.2, 0.25) is 0 Å². The van der Waals surface area contributed by atoms with Gasteiger partial charge >= 0.3 is 0 Å². The Labute approximate surface area is 85.7 Å². The molecule has 1 aromatic rings. The van der Waals surface area contributed by atoms with E-state index in [-0.39, 0.29) is 5.54 Å². The summed E-state index contributed by atoms with van der Waals surface area (Å²) in [6.45, 7) is 5.55. The minimum absolute atomic E-state index is 0.190. The number of hydrogen-bond acceptors (Lipinski definition) is 2. The number of hydrogen-bond donors (Lipinski definition) is 1. The van der Waals surface area contributed by atoms with Gasteiger partial charge in [0.25, 0.3) is 0 Å². The van der Waals surface area contributed by atoms with Crippen LogP contribution in [-0.4, -0.2) is 6.54 Å². The van der Waals surface area contributed by atoms with Crippen LogP contribution >= 0.6 is 0 Å². The van der Waals surface area contributed by atoms with Crippen molar-refractivity contribution in [3.05, 3.63) is 23.7 Å². The molecule has 2 nitrogen and oxygen atoms in total. The van der Waals surface area contributed by atoms with Crippen molar-refractivity contribution in [3.8, 4) is 0 Å². The lowest BCUT2D eigenvalue weighted by Gasteiger charge is -2.37. The third kappa shape index (κ3) is 1.38. The average molecular weight is 193 g/mol. The van der Waals surface area contributed by atoms with Gasteiger partial charge in [-0.1, -0.05) is 20.3 Å². The van der Waals surface area contributed by atoms with Gasteiger partial charge in [-0.2, -0.15) is 0 Å². The van der Waals surface area contributed by atoms with E-state index < -0.39 is 0 Å². The lowest BCUT2D eigenvalue weighted by atomic mass is 9.80. The van der Waals surface area contributed by atoms with Gasteiger partial charge in [-0.3, -0.25) is 0 Å². The lowest BCUT2D eigenvalue weighted by Crippen LogP contribution is -2.46. The fraction of sp³-hybridized carbons (Fsp3) is 0.667. The van der Waals surface area contributed by atoms with Crippen LogP contribution in [0.1, 0.15) is 44.4 Å². The zero-order valence-corrected chi connectivity index (χ0v) is 9.10. The zero-order chi connectivity index (χ0) is 10.0. The molecule has 2 heterocycles. The molecule has 1 N–H and O–H groups in total. The van der Waals surface area contributed by atoms with Crippen molar-refractivity contribution >= 4 is 0 Å². The molecule has 14 heavy (non-hydrogen) atoms. The summed E-state index contributed by atoms with van der Waals surface area (Å²) in [4.78, 5) is 0. The Morgan fingerprint density at radius 2 is 2.36 bits per heavy atom. The highest BCUT2D eigenvalue weighted by atomic mass is 16.3. The lowest BCUT2D eigenvalue weighted by molar-refractivity contribution is 0.267. The molecule has 0 saturated carbocycles. The average Bonchev–Trinajstić information content (AvgIpc) is 2.67. The number of nitrogens with one attached hydrogen (secondary N) is 1. The smallest absolute Gasteiger partial charge is 0.110 e. The van der Waals surface area contributed by atoms with Crippen molar-refractivity contribution in [1.29, 1.82) is 0 Å². The molecule has 0 aliphatic carbocycles. The maximum absolute atomic E-state index is 5.52. The van der Waals surface area contributed by atoms with Crippen molar-refractivity contribution < 1.29 is 4.42 Å². The van der Waals surface area contributed by atoms with Gasteiger partial charge in [0, 0.05) is 24.1 Å². The Bertz CT molecular complexity index is 305. The van der Waals surface area contributed by atoms with Gasteiger partial charge in [0.05, 0.1) is 6.26 Å². The molecule has 1 aromatic heterocycles. The highest BCUT2D eigenvalue weighted by Gasteiger charge is 2.35. The molecule has 1 unspecified atom stereocenters. The predicted molar refractivity (Wildman–Crippen MR) is 57.3 cm³/mol. The van der Waals surface area contributed by atoms with Crippen LogP contribution in [0.3, 0.4) is 0 Å². The first-order chi connectivity index (χ1) is 6.82. The second-order valence-corrected chi connectivity index (χ2v) is 4.12. The molecular weight excluding hydrogens is 174 g/mol. The van der Waals surface area contributed by atoms with Crippen LogP contribution in [0.2, 0.25) is 0 Å². The van der Waals surface area contributed by atoms with Gasteiger partial charge in [0.15, 0.2) is 0 Å². The van der Waals surface area contributed by atoms with E-state index in [0.717, 1.165) is 19.4 Å².